The number of aromatic nitrogens is 5. The minimum Gasteiger partial charge on any atom is -0.453 e. The quantitative estimate of drug-likeness (QED) is 0.305. The Labute approximate surface area is 200 Å². The lowest BCUT2D eigenvalue weighted by atomic mass is 10.1. The predicted octanol–water partition coefficient (Wildman–Crippen LogP) is 6.45. The molecule has 4 aromatic carbocycles. The van der Waals surface area contributed by atoms with Crippen molar-refractivity contribution in [3.63, 3.8) is 0 Å². The number of hydrogen-bond acceptors (Lipinski definition) is 6. The van der Waals surface area contributed by atoms with Crippen molar-refractivity contribution in [2.75, 3.05) is 4.90 Å². The zero-order valence-corrected chi connectivity index (χ0v) is 18.5. The van der Waals surface area contributed by atoms with Gasteiger partial charge in [0.15, 0.2) is 17.3 Å². The van der Waals surface area contributed by atoms with Gasteiger partial charge in [0.2, 0.25) is 0 Å². The molecule has 0 spiro atoms. The van der Waals surface area contributed by atoms with Crippen molar-refractivity contribution in [2.24, 2.45) is 0 Å². The van der Waals surface area contributed by atoms with Crippen LogP contribution in [0.1, 0.15) is 0 Å². The standard InChI is InChI=1S/C28H18N6O/c1-2-8-22-21(7-1)29-17-28(30-22)33-18-23(31-32-33)19-13-15-20(16-14-19)34-24-9-3-5-11-26(24)35-27-12-6-4-10-25(27)34/h1-18H. The lowest BCUT2D eigenvalue weighted by Gasteiger charge is -2.32. The summed E-state index contributed by atoms with van der Waals surface area (Å²) in [7, 11) is 0. The molecule has 0 saturated heterocycles. The van der Waals surface area contributed by atoms with E-state index >= 15 is 0 Å². The second kappa shape index (κ2) is 7.78. The molecule has 7 heteroatoms. The van der Waals surface area contributed by atoms with Crippen LogP contribution in [0, 0.1) is 0 Å². The molecular formula is C28H18N6O. The van der Waals surface area contributed by atoms with Crippen LogP contribution < -0.4 is 9.64 Å². The van der Waals surface area contributed by atoms with E-state index < -0.39 is 0 Å². The molecule has 0 N–H and O–H groups in total. The van der Waals surface area contributed by atoms with Gasteiger partial charge in [-0.2, -0.15) is 0 Å². The fourth-order valence-electron chi connectivity index (χ4n) is 4.33. The Bertz CT molecular complexity index is 1650. The molecule has 0 amide bonds. The highest BCUT2D eigenvalue weighted by molar-refractivity contribution is 5.86. The van der Waals surface area contributed by atoms with Crippen molar-refractivity contribution < 1.29 is 4.74 Å². The van der Waals surface area contributed by atoms with Gasteiger partial charge >= 0.3 is 0 Å². The smallest absolute Gasteiger partial charge is 0.174 e. The zero-order chi connectivity index (χ0) is 23.2. The molecule has 0 unspecified atom stereocenters. The number of benzene rings is 4. The maximum atomic E-state index is 6.12. The molecule has 0 radical (unpaired) electrons. The highest BCUT2D eigenvalue weighted by atomic mass is 16.5. The highest BCUT2D eigenvalue weighted by Crippen LogP contribution is 2.50. The van der Waals surface area contributed by atoms with Crippen LogP contribution in [0.5, 0.6) is 11.5 Å². The molecule has 0 saturated carbocycles. The number of nitrogens with zero attached hydrogens (tertiary/aromatic N) is 6. The molecule has 7 nitrogen and oxygen atoms in total. The third-order valence-electron chi connectivity index (χ3n) is 6.02. The van der Waals surface area contributed by atoms with Crippen LogP contribution in [0.4, 0.5) is 17.1 Å². The average Bonchev–Trinajstić information content (AvgIpc) is 3.42. The Balaban J connectivity index is 1.23. The van der Waals surface area contributed by atoms with Gasteiger partial charge in [-0.05, 0) is 48.5 Å². The molecule has 6 aromatic rings. The first kappa shape index (κ1) is 19.4. The number of para-hydroxylation sites is 6. The summed E-state index contributed by atoms with van der Waals surface area (Å²) in [5.74, 6) is 2.28. The van der Waals surface area contributed by atoms with Crippen LogP contribution in [0.2, 0.25) is 0 Å². The summed E-state index contributed by atoms with van der Waals surface area (Å²) in [4.78, 5) is 11.3. The van der Waals surface area contributed by atoms with Crippen LogP contribution in [-0.2, 0) is 0 Å². The number of anilines is 3. The van der Waals surface area contributed by atoms with E-state index in [0.717, 1.165) is 50.9 Å². The summed E-state index contributed by atoms with van der Waals surface area (Å²) in [5.41, 5.74) is 6.41. The van der Waals surface area contributed by atoms with Crippen molar-refractivity contribution in [3.05, 3.63) is 109 Å². The fraction of sp³-hybridized carbons (Fsp3) is 0. The summed E-state index contributed by atoms with van der Waals surface area (Å²) in [6.45, 7) is 0. The van der Waals surface area contributed by atoms with E-state index in [1.54, 1.807) is 10.9 Å². The Morgan fingerprint density at radius 2 is 1.31 bits per heavy atom. The second-order valence-corrected chi connectivity index (χ2v) is 8.19. The number of hydrogen-bond donors (Lipinski definition) is 0. The van der Waals surface area contributed by atoms with E-state index in [9.17, 15) is 0 Å². The Hall–Kier alpha value is -5.04. The molecular weight excluding hydrogens is 436 g/mol. The minimum atomic E-state index is 0.626. The predicted molar refractivity (Wildman–Crippen MR) is 135 cm³/mol. The molecule has 7 rings (SSSR count). The minimum absolute atomic E-state index is 0.626. The fourth-order valence-corrected chi connectivity index (χ4v) is 4.33. The molecule has 2 aromatic heterocycles. The zero-order valence-electron chi connectivity index (χ0n) is 18.5. The van der Waals surface area contributed by atoms with E-state index in [1.165, 1.54) is 0 Å². The van der Waals surface area contributed by atoms with E-state index in [2.05, 4.69) is 61.6 Å². The van der Waals surface area contributed by atoms with Crippen molar-refractivity contribution in [1.29, 1.82) is 0 Å². The lowest BCUT2D eigenvalue weighted by molar-refractivity contribution is 0.477. The summed E-state index contributed by atoms with van der Waals surface area (Å²) in [6.07, 6.45) is 3.57. The largest absolute Gasteiger partial charge is 0.453 e. The van der Waals surface area contributed by atoms with E-state index in [-0.39, 0.29) is 0 Å². The van der Waals surface area contributed by atoms with Crippen molar-refractivity contribution in [1.82, 2.24) is 25.0 Å². The van der Waals surface area contributed by atoms with Crippen LogP contribution in [0.15, 0.2) is 109 Å². The molecule has 0 aliphatic carbocycles. The van der Waals surface area contributed by atoms with Crippen LogP contribution >= 0.6 is 0 Å². The van der Waals surface area contributed by atoms with Gasteiger partial charge in [0.1, 0.15) is 5.69 Å². The molecule has 1 aliphatic rings. The number of ether oxygens (including phenoxy) is 1. The van der Waals surface area contributed by atoms with Crippen LogP contribution in [0.3, 0.4) is 0 Å². The Morgan fingerprint density at radius 1 is 0.657 bits per heavy atom. The first-order valence-electron chi connectivity index (χ1n) is 11.2. The van der Waals surface area contributed by atoms with Gasteiger partial charge in [0.25, 0.3) is 0 Å². The van der Waals surface area contributed by atoms with Crippen LogP contribution in [-0.4, -0.2) is 25.0 Å². The van der Waals surface area contributed by atoms with E-state index in [4.69, 9.17) is 4.74 Å². The van der Waals surface area contributed by atoms with Crippen molar-refractivity contribution in [2.45, 2.75) is 0 Å². The molecule has 3 heterocycles. The Morgan fingerprint density at radius 3 is 2.06 bits per heavy atom. The lowest BCUT2D eigenvalue weighted by Crippen LogP contribution is -2.15. The van der Waals surface area contributed by atoms with E-state index in [1.807, 2.05) is 66.9 Å². The van der Waals surface area contributed by atoms with Gasteiger partial charge in [-0.1, -0.05) is 53.7 Å². The molecule has 166 valence electrons. The Kier molecular flexibility index (Phi) is 4.32. The summed E-state index contributed by atoms with van der Waals surface area (Å²) in [5, 5.41) is 8.65. The summed E-state index contributed by atoms with van der Waals surface area (Å²) >= 11 is 0. The topological polar surface area (TPSA) is 69.0 Å². The maximum Gasteiger partial charge on any atom is 0.174 e. The molecule has 1 aliphatic heterocycles. The van der Waals surface area contributed by atoms with Crippen LogP contribution in [0.25, 0.3) is 28.1 Å². The third kappa shape index (κ3) is 3.29. The maximum absolute atomic E-state index is 6.12. The molecule has 0 atom stereocenters. The number of fused-ring (bicyclic) bond motifs is 3. The van der Waals surface area contributed by atoms with Gasteiger partial charge in [0.05, 0.1) is 34.8 Å². The van der Waals surface area contributed by atoms with Gasteiger partial charge < -0.3 is 9.64 Å². The van der Waals surface area contributed by atoms with E-state index in [0.29, 0.717) is 5.82 Å². The normalized spacial score (nSPS) is 12.2. The van der Waals surface area contributed by atoms with Gasteiger partial charge in [-0.15, -0.1) is 5.10 Å². The van der Waals surface area contributed by atoms with Gasteiger partial charge in [-0.3, -0.25) is 4.98 Å². The molecule has 0 fully saturated rings. The first-order chi connectivity index (χ1) is 17.3. The monoisotopic (exact) mass is 454 g/mol. The second-order valence-electron chi connectivity index (χ2n) is 8.19. The van der Waals surface area contributed by atoms with Gasteiger partial charge in [0, 0.05) is 11.3 Å². The summed E-state index contributed by atoms with van der Waals surface area (Å²) in [6, 6.07) is 32.1. The highest BCUT2D eigenvalue weighted by Gasteiger charge is 2.25. The SMILES string of the molecule is c1ccc2c(c1)Oc1ccccc1N2c1ccc(-c2cn(-c3cnc4ccccc4n3)nn2)cc1. The van der Waals surface area contributed by atoms with Crippen molar-refractivity contribution in [3.8, 4) is 28.6 Å². The molecule has 0 bridgehead atoms. The molecule has 35 heavy (non-hydrogen) atoms. The van der Waals surface area contributed by atoms with Crippen molar-refractivity contribution >= 4 is 28.1 Å². The average molecular weight is 454 g/mol. The number of rotatable bonds is 3. The van der Waals surface area contributed by atoms with Gasteiger partial charge in [-0.25, -0.2) is 9.67 Å². The first-order valence-corrected chi connectivity index (χ1v) is 11.2. The summed E-state index contributed by atoms with van der Waals surface area (Å²) < 4.78 is 7.77. The third-order valence-corrected chi connectivity index (χ3v) is 6.02.